The van der Waals surface area contributed by atoms with Crippen molar-refractivity contribution in [2.24, 2.45) is 5.41 Å². The molecule has 98 valence electrons. The third-order valence-corrected chi connectivity index (χ3v) is 5.05. The first kappa shape index (κ1) is 14.2. The van der Waals surface area contributed by atoms with E-state index in [1.165, 1.54) is 0 Å². The highest BCUT2D eigenvalue weighted by atomic mass is 79.9. The number of hydrogen-bond acceptors (Lipinski definition) is 1. The van der Waals surface area contributed by atoms with Crippen LogP contribution in [0.5, 0.6) is 0 Å². The average Bonchev–Trinajstić information content (AvgIpc) is 2.79. The van der Waals surface area contributed by atoms with Gasteiger partial charge in [-0.15, -0.1) is 23.2 Å². The van der Waals surface area contributed by atoms with E-state index in [1.54, 1.807) is 6.92 Å². The minimum atomic E-state index is -0.923. The summed E-state index contributed by atoms with van der Waals surface area (Å²) in [7, 11) is 0. The van der Waals surface area contributed by atoms with Crippen LogP contribution in [0, 0.1) is 5.41 Å². The number of amides is 1. The van der Waals surface area contributed by atoms with Gasteiger partial charge in [0, 0.05) is 4.47 Å². The summed E-state index contributed by atoms with van der Waals surface area (Å²) in [4.78, 5) is 12.1. The molecule has 0 aliphatic heterocycles. The van der Waals surface area contributed by atoms with Gasteiger partial charge in [-0.3, -0.25) is 4.79 Å². The van der Waals surface area contributed by atoms with E-state index in [9.17, 15) is 4.79 Å². The van der Waals surface area contributed by atoms with Crippen LogP contribution in [-0.4, -0.2) is 10.2 Å². The zero-order valence-electron chi connectivity index (χ0n) is 10.1. The number of carbonyl (C=O) groups is 1. The van der Waals surface area contributed by atoms with Crippen LogP contribution >= 0.6 is 39.1 Å². The van der Waals surface area contributed by atoms with Crippen molar-refractivity contribution >= 4 is 45.0 Å². The van der Waals surface area contributed by atoms with Crippen LogP contribution in [0.25, 0.3) is 0 Å². The Kier molecular flexibility index (Phi) is 3.69. The largest absolute Gasteiger partial charge is 0.349 e. The molecule has 1 amide bonds. The molecule has 2 nitrogen and oxygen atoms in total. The van der Waals surface area contributed by atoms with Crippen molar-refractivity contribution in [3.63, 3.8) is 0 Å². The van der Waals surface area contributed by atoms with Crippen LogP contribution in [-0.2, 0) is 4.79 Å². The highest BCUT2D eigenvalue weighted by Gasteiger charge is 2.67. The number of halogens is 3. The molecule has 1 aliphatic rings. The second-order valence-electron chi connectivity index (χ2n) is 4.96. The second-order valence-corrected chi connectivity index (χ2v) is 7.36. The van der Waals surface area contributed by atoms with Gasteiger partial charge in [0.05, 0.1) is 11.5 Å². The molecule has 2 unspecified atom stereocenters. The summed E-state index contributed by atoms with van der Waals surface area (Å²) in [5.41, 5.74) is 0.368. The van der Waals surface area contributed by atoms with E-state index >= 15 is 0 Å². The number of benzene rings is 1. The molecule has 1 N–H and O–H groups in total. The van der Waals surface area contributed by atoms with E-state index in [-0.39, 0.29) is 11.9 Å². The highest BCUT2D eigenvalue weighted by Crippen LogP contribution is 2.63. The van der Waals surface area contributed by atoms with Crippen molar-refractivity contribution < 1.29 is 4.79 Å². The molecule has 0 saturated heterocycles. The fourth-order valence-corrected chi connectivity index (χ4v) is 2.98. The van der Waals surface area contributed by atoms with Gasteiger partial charge in [-0.1, -0.05) is 28.1 Å². The van der Waals surface area contributed by atoms with Gasteiger partial charge in [0.25, 0.3) is 0 Å². The molecule has 0 radical (unpaired) electrons. The fraction of sp³-hybridized carbons (Fsp3) is 0.462. The first-order valence-corrected chi connectivity index (χ1v) is 7.25. The Balaban J connectivity index is 2.05. The lowest BCUT2D eigenvalue weighted by Gasteiger charge is -2.18. The fourth-order valence-electron chi connectivity index (χ4n) is 1.86. The standard InChI is InChI=1S/C13H14BrCl2NO/c1-8(9-4-3-5-10(14)6-9)17-11(18)12(2)7-13(12,15)16/h3-6,8H,7H2,1-2H3,(H,17,18). The van der Waals surface area contributed by atoms with Gasteiger partial charge in [0.15, 0.2) is 0 Å². The topological polar surface area (TPSA) is 29.1 Å². The van der Waals surface area contributed by atoms with Gasteiger partial charge in [0.1, 0.15) is 4.33 Å². The van der Waals surface area contributed by atoms with Crippen molar-refractivity contribution in [2.75, 3.05) is 0 Å². The maximum absolute atomic E-state index is 12.1. The molecule has 0 heterocycles. The predicted molar refractivity (Wildman–Crippen MR) is 77.9 cm³/mol. The molecule has 1 saturated carbocycles. The van der Waals surface area contributed by atoms with Crippen LogP contribution in [0.2, 0.25) is 0 Å². The molecule has 1 aromatic carbocycles. The summed E-state index contributed by atoms with van der Waals surface area (Å²) < 4.78 is 0.0661. The molecular formula is C13H14BrCl2NO. The van der Waals surface area contributed by atoms with Crippen LogP contribution in [0.4, 0.5) is 0 Å². The van der Waals surface area contributed by atoms with Gasteiger partial charge < -0.3 is 5.32 Å². The van der Waals surface area contributed by atoms with Gasteiger partial charge in [-0.25, -0.2) is 0 Å². The zero-order chi connectivity index (χ0) is 13.6. The summed E-state index contributed by atoms with van der Waals surface area (Å²) >= 11 is 15.4. The van der Waals surface area contributed by atoms with E-state index in [0.29, 0.717) is 6.42 Å². The first-order valence-electron chi connectivity index (χ1n) is 5.70. The minimum Gasteiger partial charge on any atom is -0.349 e. The maximum atomic E-state index is 12.1. The molecule has 1 aliphatic carbocycles. The summed E-state index contributed by atoms with van der Waals surface area (Å²) in [6, 6.07) is 7.77. The van der Waals surface area contributed by atoms with Crippen LogP contribution in [0.1, 0.15) is 31.9 Å². The Morgan fingerprint density at radius 2 is 2.11 bits per heavy atom. The maximum Gasteiger partial charge on any atom is 0.229 e. The summed E-state index contributed by atoms with van der Waals surface area (Å²) in [5, 5.41) is 2.95. The molecular weight excluding hydrogens is 337 g/mol. The van der Waals surface area contributed by atoms with Crippen LogP contribution in [0.3, 0.4) is 0 Å². The monoisotopic (exact) mass is 349 g/mol. The molecule has 1 fully saturated rings. The molecule has 0 bridgehead atoms. The summed E-state index contributed by atoms with van der Waals surface area (Å²) in [6.07, 6.45) is 0.500. The van der Waals surface area contributed by atoms with Crippen molar-refractivity contribution in [1.29, 1.82) is 0 Å². The lowest BCUT2D eigenvalue weighted by Crippen LogP contribution is -2.35. The third kappa shape index (κ3) is 2.54. The highest BCUT2D eigenvalue weighted by molar-refractivity contribution is 9.10. The number of carbonyl (C=O) groups excluding carboxylic acids is 1. The van der Waals surface area contributed by atoms with E-state index in [2.05, 4.69) is 21.2 Å². The molecule has 5 heteroatoms. The van der Waals surface area contributed by atoms with Gasteiger partial charge in [0.2, 0.25) is 5.91 Å². The summed E-state index contributed by atoms with van der Waals surface area (Å²) in [5.74, 6) is -0.0972. The molecule has 2 atom stereocenters. The number of rotatable bonds is 3. The molecule has 2 rings (SSSR count). The van der Waals surface area contributed by atoms with E-state index in [4.69, 9.17) is 23.2 Å². The Morgan fingerprint density at radius 1 is 1.50 bits per heavy atom. The van der Waals surface area contributed by atoms with Gasteiger partial charge >= 0.3 is 0 Å². The van der Waals surface area contributed by atoms with E-state index in [0.717, 1.165) is 10.0 Å². The first-order chi connectivity index (χ1) is 8.26. The second kappa shape index (κ2) is 4.69. The van der Waals surface area contributed by atoms with Crippen LogP contribution < -0.4 is 5.32 Å². The normalized spacial score (nSPS) is 26.5. The Morgan fingerprint density at radius 3 is 2.61 bits per heavy atom. The molecule has 0 aromatic heterocycles. The Hall–Kier alpha value is -0.250. The number of alkyl halides is 2. The predicted octanol–water partition coefficient (Wildman–Crippen LogP) is 4.21. The molecule has 1 aromatic rings. The number of nitrogens with one attached hydrogen (secondary N) is 1. The van der Waals surface area contributed by atoms with Crippen molar-refractivity contribution in [3.8, 4) is 0 Å². The molecule has 18 heavy (non-hydrogen) atoms. The van der Waals surface area contributed by atoms with Gasteiger partial charge in [-0.2, -0.15) is 0 Å². The number of hydrogen-bond donors (Lipinski definition) is 1. The van der Waals surface area contributed by atoms with Gasteiger partial charge in [-0.05, 0) is 38.0 Å². The molecule has 0 spiro atoms. The van der Waals surface area contributed by atoms with E-state index in [1.807, 2.05) is 31.2 Å². The Labute approximate surface area is 125 Å². The lowest BCUT2D eigenvalue weighted by molar-refractivity contribution is -0.126. The third-order valence-electron chi connectivity index (χ3n) is 3.46. The minimum absolute atomic E-state index is 0.0726. The average molecular weight is 351 g/mol. The zero-order valence-corrected chi connectivity index (χ0v) is 13.2. The van der Waals surface area contributed by atoms with Crippen molar-refractivity contribution in [2.45, 2.75) is 30.6 Å². The Bertz CT molecular complexity index is 492. The lowest BCUT2D eigenvalue weighted by atomic mass is 10.1. The SMILES string of the molecule is CC(NC(=O)C1(C)CC1(Cl)Cl)c1cccc(Br)c1. The van der Waals surface area contributed by atoms with E-state index < -0.39 is 9.75 Å². The van der Waals surface area contributed by atoms with Crippen molar-refractivity contribution in [3.05, 3.63) is 34.3 Å². The quantitative estimate of drug-likeness (QED) is 0.813. The smallest absolute Gasteiger partial charge is 0.229 e. The van der Waals surface area contributed by atoms with Crippen molar-refractivity contribution in [1.82, 2.24) is 5.32 Å². The van der Waals surface area contributed by atoms with Crippen LogP contribution in [0.15, 0.2) is 28.7 Å². The summed E-state index contributed by atoms with van der Waals surface area (Å²) in [6.45, 7) is 3.73.